The van der Waals surface area contributed by atoms with Gasteiger partial charge in [-0.15, -0.1) is 12.4 Å². The number of piperidine rings is 1. The number of nitrogens with one attached hydrogen (secondary N) is 1. The predicted octanol–water partition coefficient (Wildman–Crippen LogP) is 3.03. The first kappa shape index (κ1) is 18.9. The first-order valence-corrected chi connectivity index (χ1v) is 7.80. The molecule has 1 amide bonds. The van der Waals surface area contributed by atoms with Crippen molar-refractivity contribution in [3.8, 4) is 0 Å². The van der Waals surface area contributed by atoms with Gasteiger partial charge >= 0.3 is 0 Å². The summed E-state index contributed by atoms with van der Waals surface area (Å²) in [6.45, 7) is 3.90. The number of hydrogen-bond acceptors (Lipinski definition) is 2. The molecule has 3 nitrogen and oxygen atoms in total. The van der Waals surface area contributed by atoms with Crippen LogP contribution in [0.25, 0.3) is 0 Å². The van der Waals surface area contributed by atoms with Crippen molar-refractivity contribution in [2.75, 3.05) is 20.1 Å². The van der Waals surface area contributed by atoms with Crippen molar-refractivity contribution < 1.29 is 9.18 Å². The number of rotatable bonds is 5. The lowest BCUT2D eigenvalue weighted by Gasteiger charge is -2.33. The van der Waals surface area contributed by atoms with Crippen LogP contribution in [0.15, 0.2) is 24.3 Å². The molecule has 2 rings (SSSR count). The Balaban J connectivity index is 0.00000242. The number of carbonyl (C=O) groups excluding carboxylic acids is 1. The van der Waals surface area contributed by atoms with E-state index in [0.29, 0.717) is 24.4 Å². The summed E-state index contributed by atoms with van der Waals surface area (Å²) in [6, 6.07) is 7.14. The number of nitrogens with zero attached hydrogens (tertiary/aromatic N) is 1. The molecule has 0 radical (unpaired) electrons. The Morgan fingerprint density at radius 3 is 2.64 bits per heavy atom. The molecule has 0 saturated carbocycles. The predicted molar refractivity (Wildman–Crippen MR) is 89.8 cm³/mol. The maximum atomic E-state index is 13.6. The zero-order valence-electron chi connectivity index (χ0n) is 13.3. The quantitative estimate of drug-likeness (QED) is 0.901. The molecule has 1 aromatic rings. The summed E-state index contributed by atoms with van der Waals surface area (Å²) in [5.74, 6) is -0.0633. The standard InChI is InChI=1S/C17H25FN2O.ClH/c1-13(7-8-14-5-3-4-6-16(14)18)17(21)20(2)15-9-11-19-12-10-15;/h3-6,13,15,19H,7-12H2,1-2H3;1H. The third kappa shape index (κ3) is 4.96. The van der Waals surface area contributed by atoms with E-state index < -0.39 is 0 Å². The lowest BCUT2D eigenvalue weighted by molar-refractivity contribution is -0.136. The van der Waals surface area contributed by atoms with Gasteiger partial charge in [-0.1, -0.05) is 25.1 Å². The third-order valence-electron chi connectivity index (χ3n) is 4.43. The van der Waals surface area contributed by atoms with Gasteiger partial charge < -0.3 is 10.2 Å². The van der Waals surface area contributed by atoms with Crippen molar-refractivity contribution >= 4 is 18.3 Å². The lowest BCUT2D eigenvalue weighted by Crippen LogP contribution is -2.45. The van der Waals surface area contributed by atoms with Crippen LogP contribution in [-0.2, 0) is 11.2 Å². The Morgan fingerprint density at radius 1 is 1.36 bits per heavy atom. The minimum atomic E-state index is -0.177. The summed E-state index contributed by atoms with van der Waals surface area (Å²) in [6.07, 6.45) is 3.33. The largest absolute Gasteiger partial charge is 0.342 e. The summed E-state index contributed by atoms with van der Waals surface area (Å²) in [7, 11) is 1.90. The van der Waals surface area contributed by atoms with Gasteiger partial charge in [0.25, 0.3) is 0 Å². The Morgan fingerprint density at radius 2 is 2.00 bits per heavy atom. The monoisotopic (exact) mass is 328 g/mol. The molecule has 124 valence electrons. The Kier molecular flexibility index (Phi) is 7.83. The Hall–Kier alpha value is -1.13. The Labute approximate surface area is 138 Å². The summed E-state index contributed by atoms with van der Waals surface area (Å²) < 4.78 is 13.6. The highest BCUT2D eigenvalue weighted by molar-refractivity contribution is 5.85. The molecule has 1 aliphatic heterocycles. The van der Waals surface area contributed by atoms with E-state index in [9.17, 15) is 9.18 Å². The van der Waals surface area contributed by atoms with Gasteiger partial charge in [0.15, 0.2) is 0 Å². The van der Waals surface area contributed by atoms with Crippen molar-refractivity contribution in [3.63, 3.8) is 0 Å². The normalized spacial score (nSPS) is 16.7. The molecule has 5 heteroatoms. The average Bonchev–Trinajstić information content (AvgIpc) is 2.53. The zero-order chi connectivity index (χ0) is 15.2. The van der Waals surface area contributed by atoms with Crippen LogP contribution in [0.4, 0.5) is 4.39 Å². The van der Waals surface area contributed by atoms with Gasteiger partial charge in [-0.25, -0.2) is 4.39 Å². The van der Waals surface area contributed by atoms with Crippen LogP contribution in [0.5, 0.6) is 0 Å². The van der Waals surface area contributed by atoms with Crippen LogP contribution in [0.3, 0.4) is 0 Å². The summed E-state index contributed by atoms with van der Waals surface area (Å²) in [4.78, 5) is 14.4. The van der Waals surface area contributed by atoms with Gasteiger partial charge in [-0.05, 0) is 50.4 Å². The van der Waals surface area contributed by atoms with Crippen molar-refractivity contribution in [1.82, 2.24) is 10.2 Å². The van der Waals surface area contributed by atoms with Crippen molar-refractivity contribution in [3.05, 3.63) is 35.6 Å². The van der Waals surface area contributed by atoms with Crippen LogP contribution >= 0.6 is 12.4 Å². The average molecular weight is 329 g/mol. The number of carbonyl (C=O) groups is 1. The summed E-state index contributed by atoms with van der Waals surface area (Å²) >= 11 is 0. The van der Waals surface area contributed by atoms with Crippen LogP contribution in [0.2, 0.25) is 0 Å². The molecule has 22 heavy (non-hydrogen) atoms. The number of aryl methyl sites for hydroxylation is 1. The number of hydrogen-bond donors (Lipinski definition) is 1. The molecule has 1 N–H and O–H groups in total. The van der Waals surface area contributed by atoms with Gasteiger partial charge in [0.05, 0.1) is 0 Å². The van der Waals surface area contributed by atoms with E-state index in [1.807, 2.05) is 24.9 Å². The summed E-state index contributed by atoms with van der Waals surface area (Å²) in [5.41, 5.74) is 0.696. The zero-order valence-corrected chi connectivity index (χ0v) is 14.2. The van der Waals surface area contributed by atoms with E-state index in [4.69, 9.17) is 0 Å². The van der Waals surface area contributed by atoms with E-state index in [0.717, 1.165) is 25.9 Å². The molecule has 0 aliphatic carbocycles. The van der Waals surface area contributed by atoms with Crippen LogP contribution in [0.1, 0.15) is 31.7 Å². The highest BCUT2D eigenvalue weighted by atomic mass is 35.5. The molecule has 0 bridgehead atoms. The second-order valence-corrected chi connectivity index (χ2v) is 5.96. The van der Waals surface area contributed by atoms with Crippen LogP contribution in [0, 0.1) is 11.7 Å². The second-order valence-electron chi connectivity index (χ2n) is 5.96. The maximum Gasteiger partial charge on any atom is 0.225 e. The maximum absolute atomic E-state index is 13.6. The molecule has 1 unspecified atom stereocenters. The van der Waals surface area contributed by atoms with Gasteiger partial charge in [0.2, 0.25) is 5.91 Å². The minimum Gasteiger partial charge on any atom is -0.342 e. The Bertz CT molecular complexity index is 477. The first-order chi connectivity index (χ1) is 10.1. The second kappa shape index (κ2) is 9.11. The molecular weight excluding hydrogens is 303 g/mol. The third-order valence-corrected chi connectivity index (χ3v) is 4.43. The molecular formula is C17H26ClFN2O. The smallest absolute Gasteiger partial charge is 0.225 e. The molecule has 0 spiro atoms. The van der Waals surface area contributed by atoms with E-state index >= 15 is 0 Å². The topological polar surface area (TPSA) is 32.3 Å². The van der Waals surface area contributed by atoms with Gasteiger partial charge in [-0.3, -0.25) is 4.79 Å². The van der Waals surface area contributed by atoms with E-state index in [-0.39, 0.29) is 30.0 Å². The van der Waals surface area contributed by atoms with E-state index in [1.54, 1.807) is 12.1 Å². The van der Waals surface area contributed by atoms with Gasteiger partial charge in [0.1, 0.15) is 5.82 Å². The fraction of sp³-hybridized carbons (Fsp3) is 0.588. The molecule has 1 heterocycles. The number of benzene rings is 1. The SMILES string of the molecule is CC(CCc1ccccc1F)C(=O)N(C)C1CCNCC1.Cl. The highest BCUT2D eigenvalue weighted by Gasteiger charge is 2.25. The van der Waals surface area contributed by atoms with Gasteiger partial charge in [0, 0.05) is 19.0 Å². The molecule has 1 saturated heterocycles. The summed E-state index contributed by atoms with van der Waals surface area (Å²) in [5, 5.41) is 3.31. The molecule has 0 aromatic heterocycles. The van der Waals surface area contributed by atoms with Crippen LogP contribution < -0.4 is 5.32 Å². The van der Waals surface area contributed by atoms with E-state index in [1.165, 1.54) is 6.07 Å². The number of amides is 1. The van der Waals surface area contributed by atoms with Crippen LogP contribution in [-0.4, -0.2) is 37.0 Å². The van der Waals surface area contributed by atoms with Gasteiger partial charge in [-0.2, -0.15) is 0 Å². The van der Waals surface area contributed by atoms with Crippen molar-refractivity contribution in [2.45, 2.75) is 38.6 Å². The number of halogens is 2. The molecule has 1 fully saturated rings. The molecule has 1 atom stereocenters. The minimum absolute atomic E-state index is 0. The fourth-order valence-corrected chi connectivity index (χ4v) is 2.92. The lowest BCUT2D eigenvalue weighted by atomic mass is 9.97. The first-order valence-electron chi connectivity index (χ1n) is 7.80. The van der Waals surface area contributed by atoms with E-state index in [2.05, 4.69) is 5.32 Å². The highest BCUT2D eigenvalue weighted by Crippen LogP contribution is 2.18. The molecule has 1 aromatic carbocycles. The molecule has 1 aliphatic rings. The van der Waals surface area contributed by atoms with Crippen molar-refractivity contribution in [1.29, 1.82) is 0 Å². The van der Waals surface area contributed by atoms with Crippen molar-refractivity contribution in [2.24, 2.45) is 5.92 Å². The fourth-order valence-electron chi connectivity index (χ4n) is 2.92.